The zero-order valence-corrected chi connectivity index (χ0v) is 27.4. The van der Waals surface area contributed by atoms with Gasteiger partial charge >= 0.3 is 0 Å². The lowest BCUT2D eigenvalue weighted by Gasteiger charge is -2.14. The first-order valence-electron chi connectivity index (χ1n) is 14.2. The lowest BCUT2D eigenvalue weighted by atomic mass is 10.1. The van der Waals surface area contributed by atoms with E-state index in [1.807, 2.05) is 54.8 Å². The van der Waals surface area contributed by atoms with Crippen molar-refractivity contribution in [2.45, 2.75) is 6.92 Å². The number of aromatic nitrogens is 1. The van der Waals surface area contributed by atoms with Crippen LogP contribution in [0.15, 0.2) is 106 Å². The molecule has 5 aromatic rings. The fraction of sp³-hybridized carbons (Fsp3) is 0.118. The molecule has 0 radical (unpaired) electrons. The topological polar surface area (TPSA) is 123 Å². The third-order valence-electron chi connectivity index (χ3n) is 6.40. The molecule has 4 aromatic carbocycles. The Labute approximate surface area is 278 Å². The molecular weight excluding hydrogens is 670 g/mol. The lowest BCUT2D eigenvalue weighted by molar-refractivity contribution is -0.118. The molecule has 12 heteroatoms. The van der Waals surface area contributed by atoms with Crippen LogP contribution in [0.2, 0.25) is 0 Å². The molecule has 234 valence electrons. The molecule has 1 heterocycles. The van der Waals surface area contributed by atoms with Crippen LogP contribution in [-0.4, -0.2) is 43.3 Å². The van der Waals surface area contributed by atoms with Crippen LogP contribution in [0.4, 0.5) is 16.5 Å². The number of amides is 2. The van der Waals surface area contributed by atoms with Gasteiger partial charge in [-0.05, 0) is 89.1 Å². The summed E-state index contributed by atoms with van der Waals surface area (Å²) in [7, 11) is 1.58. The van der Waals surface area contributed by atoms with E-state index in [1.165, 1.54) is 17.6 Å². The van der Waals surface area contributed by atoms with Gasteiger partial charge in [0.25, 0.3) is 11.8 Å². The Morgan fingerprint density at radius 1 is 0.957 bits per heavy atom. The number of carbonyl (C=O) groups is 2. The second-order valence-electron chi connectivity index (χ2n) is 9.63. The van der Waals surface area contributed by atoms with E-state index in [0.717, 1.165) is 22.1 Å². The molecule has 0 aliphatic rings. The van der Waals surface area contributed by atoms with E-state index in [-0.39, 0.29) is 18.4 Å². The Balaban J connectivity index is 1.16. The summed E-state index contributed by atoms with van der Waals surface area (Å²) in [5.41, 5.74) is 6.94. The maximum Gasteiger partial charge on any atom is 0.271 e. The van der Waals surface area contributed by atoms with Crippen molar-refractivity contribution in [2.75, 3.05) is 31.0 Å². The molecule has 0 saturated carbocycles. The molecule has 0 aliphatic heterocycles. The van der Waals surface area contributed by atoms with Gasteiger partial charge in [0.2, 0.25) is 0 Å². The molecule has 0 spiro atoms. The molecule has 0 fully saturated rings. The average Bonchev–Trinajstić information content (AvgIpc) is 3.54. The van der Waals surface area contributed by atoms with E-state index >= 15 is 0 Å². The molecule has 10 nitrogen and oxygen atoms in total. The lowest BCUT2D eigenvalue weighted by Crippen LogP contribution is -2.20. The number of nitrogens with one attached hydrogen (secondary N) is 3. The second kappa shape index (κ2) is 15.7. The minimum absolute atomic E-state index is 0.235. The van der Waals surface area contributed by atoms with Crippen LogP contribution < -0.4 is 30.3 Å². The normalized spacial score (nSPS) is 10.8. The van der Waals surface area contributed by atoms with E-state index in [1.54, 1.807) is 55.6 Å². The molecule has 2 amide bonds. The molecule has 46 heavy (non-hydrogen) atoms. The van der Waals surface area contributed by atoms with Gasteiger partial charge in [-0.2, -0.15) is 5.10 Å². The highest BCUT2D eigenvalue weighted by Gasteiger charge is 2.15. The maximum atomic E-state index is 12.7. The summed E-state index contributed by atoms with van der Waals surface area (Å²) < 4.78 is 17.2. The Morgan fingerprint density at radius 2 is 1.72 bits per heavy atom. The first kappa shape index (κ1) is 32.2. The highest BCUT2D eigenvalue weighted by atomic mass is 79.9. The number of carbonyl (C=O) groups excluding carboxylic acids is 2. The van der Waals surface area contributed by atoms with E-state index in [2.05, 4.69) is 42.1 Å². The van der Waals surface area contributed by atoms with Crippen molar-refractivity contribution >= 4 is 61.8 Å². The first-order chi connectivity index (χ1) is 22.4. The number of methoxy groups -OCH3 is 1. The Morgan fingerprint density at radius 3 is 2.43 bits per heavy atom. The molecule has 3 N–H and O–H groups in total. The van der Waals surface area contributed by atoms with Crippen molar-refractivity contribution in [3.63, 3.8) is 0 Å². The number of hydrogen-bond acceptors (Lipinski definition) is 9. The third kappa shape index (κ3) is 8.71. The molecule has 0 bridgehead atoms. The van der Waals surface area contributed by atoms with E-state index < -0.39 is 0 Å². The van der Waals surface area contributed by atoms with Crippen molar-refractivity contribution in [1.82, 2.24) is 10.4 Å². The summed E-state index contributed by atoms with van der Waals surface area (Å²) >= 11 is 5.00. The SMILES string of the molecule is CCOc1cc(/C=N/NC(=O)c2ccc(-c3csc(Nc4ccccc4)n3)cc2)cc(Br)c1OCC(=O)Nc1ccc(OC)cc1. The van der Waals surface area contributed by atoms with Crippen molar-refractivity contribution in [3.8, 4) is 28.5 Å². The number of thiazole rings is 1. The Bertz CT molecular complexity index is 1810. The standard InChI is InChI=1S/C34H30BrN5O5S/c1-3-44-30-18-22(17-28(35)32(30)45-20-31(41)37-26-13-15-27(43-2)16-14-26)19-36-40-33(42)24-11-9-23(10-12-24)29-21-46-34(39-29)38-25-7-5-4-6-8-25/h4-19,21H,3,20H2,1-2H3,(H,37,41)(H,38,39)(H,40,42)/b36-19+. The summed E-state index contributed by atoms with van der Waals surface area (Å²) in [4.78, 5) is 29.9. The molecule has 0 aliphatic carbocycles. The van der Waals surface area contributed by atoms with Crippen molar-refractivity contribution in [1.29, 1.82) is 0 Å². The van der Waals surface area contributed by atoms with Crippen LogP contribution in [0, 0.1) is 0 Å². The third-order valence-corrected chi connectivity index (χ3v) is 7.75. The molecule has 1 aromatic heterocycles. The predicted molar refractivity (Wildman–Crippen MR) is 185 cm³/mol. The van der Waals surface area contributed by atoms with Gasteiger partial charge in [0.1, 0.15) is 5.75 Å². The molecule has 0 saturated heterocycles. The van der Waals surface area contributed by atoms with Gasteiger partial charge in [-0.15, -0.1) is 11.3 Å². The number of para-hydroxylation sites is 1. The van der Waals surface area contributed by atoms with Gasteiger partial charge in [-0.3, -0.25) is 9.59 Å². The number of ether oxygens (including phenoxy) is 3. The van der Waals surface area contributed by atoms with Crippen LogP contribution in [0.3, 0.4) is 0 Å². The molecular formula is C34H30BrN5O5S. The van der Waals surface area contributed by atoms with Gasteiger partial charge < -0.3 is 24.8 Å². The predicted octanol–water partition coefficient (Wildman–Crippen LogP) is 7.50. The summed E-state index contributed by atoms with van der Waals surface area (Å²) in [6, 6.07) is 27.4. The van der Waals surface area contributed by atoms with Gasteiger partial charge in [0.15, 0.2) is 23.2 Å². The number of nitrogens with zero attached hydrogens (tertiary/aromatic N) is 2. The highest BCUT2D eigenvalue weighted by molar-refractivity contribution is 9.10. The van der Waals surface area contributed by atoms with Crippen LogP contribution in [-0.2, 0) is 4.79 Å². The number of benzene rings is 4. The average molecular weight is 701 g/mol. The molecule has 0 unspecified atom stereocenters. The largest absolute Gasteiger partial charge is 0.497 e. The summed E-state index contributed by atoms with van der Waals surface area (Å²) in [5, 5.41) is 12.9. The quantitative estimate of drug-likeness (QED) is 0.0859. The Kier molecular flexibility index (Phi) is 11.0. The van der Waals surface area contributed by atoms with Crippen molar-refractivity contribution in [3.05, 3.63) is 112 Å². The monoisotopic (exact) mass is 699 g/mol. The number of hydrazone groups is 1. The van der Waals surface area contributed by atoms with E-state index in [9.17, 15) is 9.59 Å². The highest BCUT2D eigenvalue weighted by Crippen LogP contribution is 2.36. The summed E-state index contributed by atoms with van der Waals surface area (Å²) in [6.07, 6.45) is 1.50. The van der Waals surface area contributed by atoms with E-state index in [4.69, 9.17) is 14.2 Å². The van der Waals surface area contributed by atoms with Crippen LogP contribution in [0.5, 0.6) is 17.2 Å². The zero-order chi connectivity index (χ0) is 32.3. The van der Waals surface area contributed by atoms with Gasteiger partial charge in [0.05, 0.1) is 30.1 Å². The zero-order valence-electron chi connectivity index (χ0n) is 25.0. The van der Waals surface area contributed by atoms with Crippen LogP contribution in [0.25, 0.3) is 11.3 Å². The number of halogens is 1. The fourth-order valence-electron chi connectivity index (χ4n) is 4.21. The van der Waals surface area contributed by atoms with E-state index in [0.29, 0.717) is 45.1 Å². The first-order valence-corrected chi connectivity index (χ1v) is 15.8. The van der Waals surface area contributed by atoms with Gasteiger partial charge in [-0.25, -0.2) is 10.4 Å². The fourth-order valence-corrected chi connectivity index (χ4v) is 5.52. The van der Waals surface area contributed by atoms with Gasteiger partial charge in [0, 0.05) is 27.9 Å². The second-order valence-corrected chi connectivity index (χ2v) is 11.3. The maximum absolute atomic E-state index is 12.7. The van der Waals surface area contributed by atoms with Crippen molar-refractivity contribution < 1.29 is 23.8 Å². The Hall–Kier alpha value is -5.20. The van der Waals surface area contributed by atoms with Crippen molar-refractivity contribution in [2.24, 2.45) is 5.10 Å². The number of anilines is 3. The summed E-state index contributed by atoms with van der Waals surface area (Å²) in [6.45, 7) is 1.98. The van der Waals surface area contributed by atoms with Crippen LogP contribution >= 0.6 is 27.3 Å². The molecule has 5 rings (SSSR count). The minimum atomic E-state index is -0.362. The minimum Gasteiger partial charge on any atom is -0.497 e. The number of hydrogen-bond donors (Lipinski definition) is 3. The number of rotatable bonds is 13. The van der Waals surface area contributed by atoms with Crippen LogP contribution in [0.1, 0.15) is 22.8 Å². The summed E-state index contributed by atoms with van der Waals surface area (Å²) in [5.74, 6) is 0.782. The molecule has 0 atom stereocenters. The van der Waals surface area contributed by atoms with Gasteiger partial charge in [-0.1, -0.05) is 30.3 Å². The smallest absolute Gasteiger partial charge is 0.271 e.